The van der Waals surface area contributed by atoms with Crippen molar-refractivity contribution in [2.24, 2.45) is 11.8 Å². The van der Waals surface area contributed by atoms with E-state index in [1.807, 2.05) is 28.2 Å². The standard InChI is InChI=1S/C23H31N3O/c1-15-21(17-7-11-19(12-8-17)25(3)4)24-22(16(2)23(15)27)18-9-13-20(14-10-18)26(5)6/h7-16,21-22,24H,1-6H3/p+1/t15-,16+,21-,22-/m0/s1. The molecule has 0 spiro atoms. The minimum absolute atomic E-state index is 0.0162. The molecule has 2 aromatic rings. The van der Waals surface area contributed by atoms with Crippen LogP contribution in [0.25, 0.3) is 0 Å². The lowest BCUT2D eigenvalue weighted by Gasteiger charge is -2.36. The fraction of sp³-hybridized carbons (Fsp3) is 0.435. The second-order valence-corrected chi connectivity index (χ2v) is 8.20. The molecule has 2 N–H and O–H groups in total. The van der Waals surface area contributed by atoms with Gasteiger partial charge in [-0.3, -0.25) is 4.79 Å². The molecule has 4 nitrogen and oxygen atoms in total. The first kappa shape index (κ1) is 19.4. The molecular weight excluding hydrogens is 334 g/mol. The van der Waals surface area contributed by atoms with Crippen LogP contribution in [0.1, 0.15) is 37.1 Å². The Bertz CT molecular complexity index is 715. The number of ketones is 1. The molecule has 1 saturated heterocycles. The number of nitrogens with two attached hydrogens (primary N) is 1. The van der Waals surface area contributed by atoms with Gasteiger partial charge in [0.25, 0.3) is 0 Å². The number of carbonyl (C=O) groups is 1. The highest BCUT2D eigenvalue weighted by molar-refractivity contribution is 5.84. The lowest BCUT2D eigenvalue weighted by molar-refractivity contribution is -0.748. The maximum Gasteiger partial charge on any atom is 0.151 e. The van der Waals surface area contributed by atoms with Crippen LogP contribution < -0.4 is 15.1 Å². The number of rotatable bonds is 4. The van der Waals surface area contributed by atoms with Crippen molar-refractivity contribution in [1.29, 1.82) is 0 Å². The Morgan fingerprint density at radius 3 is 1.30 bits per heavy atom. The van der Waals surface area contributed by atoms with Crippen molar-refractivity contribution in [3.63, 3.8) is 0 Å². The van der Waals surface area contributed by atoms with Gasteiger partial charge in [0, 0.05) is 50.7 Å². The third-order valence-electron chi connectivity index (χ3n) is 5.98. The van der Waals surface area contributed by atoms with Gasteiger partial charge in [-0.2, -0.15) is 0 Å². The largest absolute Gasteiger partial charge is 0.378 e. The van der Waals surface area contributed by atoms with E-state index >= 15 is 0 Å². The molecule has 3 rings (SSSR count). The molecule has 4 atom stereocenters. The molecular formula is C23H32N3O+. The fourth-order valence-corrected chi connectivity index (χ4v) is 4.11. The maximum atomic E-state index is 13.0. The molecule has 1 fully saturated rings. The Morgan fingerprint density at radius 1 is 0.667 bits per heavy atom. The first-order valence-corrected chi connectivity index (χ1v) is 9.73. The van der Waals surface area contributed by atoms with Gasteiger partial charge in [0.05, 0.1) is 11.8 Å². The minimum atomic E-state index is 0.0162. The topological polar surface area (TPSA) is 40.2 Å². The monoisotopic (exact) mass is 366 g/mol. The normalized spacial score (nSPS) is 25.3. The zero-order chi connectivity index (χ0) is 19.7. The molecule has 0 aromatic heterocycles. The Morgan fingerprint density at radius 2 is 1.00 bits per heavy atom. The van der Waals surface area contributed by atoms with Gasteiger partial charge in [-0.05, 0) is 38.1 Å². The molecule has 0 aliphatic carbocycles. The van der Waals surface area contributed by atoms with Gasteiger partial charge >= 0.3 is 0 Å². The summed E-state index contributed by atoms with van der Waals surface area (Å²) in [5, 5.41) is 2.39. The average Bonchev–Trinajstić information content (AvgIpc) is 2.66. The number of hydrogen-bond donors (Lipinski definition) is 1. The first-order valence-electron chi connectivity index (χ1n) is 9.73. The Labute approximate surface area is 163 Å². The number of anilines is 2. The number of carbonyl (C=O) groups excluding carboxylic acids is 1. The zero-order valence-electron chi connectivity index (χ0n) is 17.3. The van der Waals surface area contributed by atoms with E-state index in [4.69, 9.17) is 0 Å². The zero-order valence-corrected chi connectivity index (χ0v) is 17.3. The van der Waals surface area contributed by atoms with E-state index in [1.54, 1.807) is 0 Å². The highest BCUT2D eigenvalue weighted by atomic mass is 16.1. The molecule has 1 aliphatic rings. The van der Waals surface area contributed by atoms with Crippen LogP contribution in [0.4, 0.5) is 11.4 Å². The van der Waals surface area contributed by atoms with Crippen LogP contribution in [0.15, 0.2) is 48.5 Å². The third kappa shape index (κ3) is 3.86. The van der Waals surface area contributed by atoms with Gasteiger partial charge < -0.3 is 15.1 Å². The van der Waals surface area contributed by atoms with Gasteiger partial charge in [0.2, 0.25) is 0 Å². The predicted molar refractivity (Wildman–Crippen MR) is 112 cm³/mol. The lowest BCUT2D eigenvalue weighted by Crippen LogP contribution is -2.91. The molecule has 0 radical (unpaired) electrons. The van der Waals surface area contributed by atoms with Crippen LogP contribution in [0.3, 0.4) is 0 Å². The van der Waals surface area contributed by atoms with Crippen molar-refractivity contribution in [1.82, 2.24) is 0 Å². The number of piperidine rings is 1. The molecule has 1 heterocycles. The Kier molecular flexibility index (Phi) is 5.56. The molecule has 0 amide bonds. The Balaban J connectivity index is 1.89. The van der Waals surface area contributed by atoms with E-state index in [-0.39, 0.29) is 23.9 Å². The SMILES string of the molecule is C[C@@H]1C(=O)[C@H](C)[C@@H](c2ccc(N(C)C)cc2)[NH2+][C@@H]1c1ccc(N(C)C)cc1. The maximum absolute atomic E-state index is 13.0. The van der Waals surface area contributed by atoms with E-state index in [0.29, 0.717) is 5.78 Å². The fourth-order valence-electron chi connectivity index (χ4n) is 4.11. The summed E-state index contributed by atoms with van der Waals surface area (Å²) < 4.78 is 0. The van der Waals surface area contributed by atoms with Crippen molar-refractivity contribution in [3.8, 4) is 0 Å². The molecule has 2 aromatic carbocycles. The van der Waals surface area contributed by atoms with Crippen molar-refractivity contribution in [2.45, 2.75) is 25.9 Å². The van der Waals surface area contributed by atoms with Crippen molar-refractivity contribution in [3.05, 3.63) is 59.7 Å². The number of benzene rings is 2. The smallest absolute Gasteiger partial charge is 0.151 e. The predicted octanol–water partition coefficient (Wildman–Crippen LogP) is 3.02. The first-order chi connectivity index (χ1) is 12.8. The summed E-state index contributed by atoms with van der Waals surface area (Å²) in [5.74, 6) is 0.394. The Hall–Kier alpha value is -2.33. The molecule has 4 heteroatoms. The molecule has 0 bridgehead atoms. The van der Waals surface area contributed by atoms with E-state index in [1.165, 1.54) is 22.5 Å². The minimum Gasteiger partial charge on any atom is -0.378 e. The summed E-state index contributed by atoms with van der Waals surface area (Å²) in [6, 6.07) is 17.5. The molecule has 1 aliphatic heterocycles. The second kappa shape index (κ2) is 7.73. The molecule has 144 valence electrons. The summed E-state index contributed by atoms with van der Waals surface area (Å²) in [6.45, 7) is 4.15. The summed E-state index contributed by atoms with van der Waals surface area (Å²) in [7, 11) is 8.18. The van der Waals surface area contributed by atoms with Crippen LogP contribution in [0.2, 0.25) is 0 Å². The van der Waals surface area contributed by atoms with E-state index in [0.717, 1.165) is 0 Å². The second-order valence-electron chi connectivity index (χ2n) is 8.20. The third-order valence-corrected chi connectivity index (χ3v) is 5.98. The van der Waals surface area contributed by atoms with Crippen LogP contribution in [0.5, 0.6) is 0 Å². The summed E-state index contributed by atoms with van der Waals surface area (Å²) in [4.78, 5) is 17.2. The number of hydrogen-bond acceptors (Lipinski definition) is 3. The van der Waals surface area contributed by atoms with Crippen molar-refractivity contribution < 1.29 is 10.1 Å². The van der Waals surface area contributed by atoms with Crippen LogP contribution in [0, 0.1) is 11.8 Å². The lowest BCUT2D eigenvalue weighted by atomic mass is 9.76. The van der Waals surface area contributed by atoms with E-state index < -0.39 is 0 Å². The van der Waals surface area contributed by atoms with E-state index in [2.05, 4.69) is 77.5 Å². The van der Waals surface area contributed by atoms with Crippen LogP contribution in [-0.4, -0.2) is 34.0 Å². The highest BCUT2D eigenvalue weighted by Crippen LogP contribution is 2.33. The highest BCUT2D eigenvalue weighted by Gasteiger charge is 2.43. The van der Waals surface area contributed by atoms with Gasteiger partial charge in [0.15, 0.2) is 5.78 Å². The van der Waals surface area contributed by atoms with E-state index in [9.17, 15) is 4.79 Å². The summed E-state index contributed by atoms with van der Waals surface area (Å²) >= 11 is 0. The summed E-state index contributed by atoms with van der Waals surface area (Å²) in [5.41, 5.74) is 4.81. The van der Waals surface area contributed by atoms with Crippen molar-refractivity contribution in [2.75, 3.05) is 38.0 Å². The van der Waals surface area contributed by atoms with Gasteiger partial charge in [-0.25, -0.2) is 0 Å². The van der Waals surface area contributed by atoms with Gasteiger partial charge in [0.1, 0.15) is 12.1 Å². The van der Waals surface area contributed by atoms with Gasteiger partial charge in [-0.15, -0.1) is 0 Å². The van der Waals surface area contributed by atoms with Crippen LogP contribution in [-0.2, 0) is 4.79 Å². The summed E-state index contributed by atoms with van der Waals surface area (Å²) in [6.07, 6.45) is 0. The molecule has 27 heavy (non-hydrogen) atoms. The average molecular weight is 367 g/mol. The number of quaternary nitrogens is 1. The number of nitrogens with zero attached hydrogens (tertiary/aromatic N) is 2. The number of Topliss-reactive ketones (excluding diaryl/α,β-unsaturated/α-hetero) is 1. The van der Waals surface area contributed by atoms with Crippen molar-refractivity contribution >= 4 is 17.2 Å². The molecule has 0 saturated carbocycles. The quantitative estimate of drug-likeness (QED) is 0.904. The van der Waals surface area contributed by atoms with Gasteiger partial charge in [-0.1, -0.05) is 24.3 Å². The van der Waals surface area contributed by atoms with Crippen LogP contribution >= 0.6 is 0 Å². The molecule has 0 unspecified atom stereocenters.